The maximum absolute atomic E-state index is 12.0. The van der Waals surface area contributed by atoms with Gasteiger partial charge in [0.05, 0.1) is 23.8 Å². The molecule has 25 heavy (non-hydrogen) atoms. The highest BCUT2D eigenvalue weighted by molar-refractivity contribution is 5.91. The molecular weight excluding hydrogens is 316 g/mol. The van der Waals surface area contributed by atoms with Gasteiger partial charge in [-0.2, -0.15) is 0 Å². The maximum Gasteiger partial charge on any atom is 0.226 e. The number of benzene rings is 1. The lowest BCUT2D eigenvalue weighted by molar-refractivity contribution is -0.120. The number of hydrogen-bond donors (Lipinski definition) is 2. The second-order valence-corrected chi connectivity index (χ2v) is 5.60. The summed E-state index contributed by atoms with van der Waals surface area (Å²) in [5.41, 5.74) is 2.39. The summed E-state index contributed by atoms with van der Waals surface area (Å²) in [4.78, 5) is 32.1. The number of hydrogen-bond acceptors (Lipinski definition) is 4. The van der Waals surface area contributed by atoms with Crippen LogP contribution in [0.25, 0.3) is 10.9 Å². The zero-order valence-corrected chi connectivity index (χ0v) is 13.6. The Balaban J connectivity index is 1.45. The van der Waals surface area contributed by atoms with Crippen molar-refractivity contribution in [2.75, 3.05) is 11.9 Å². The van der Waals surface area contributed by atoms with Crippen LogP contribution in [0.2, 0.25) is 0 Å². The van der Waals surface area contributed by atoms with E-state index in [1.54, 1.807) is 30.7 Å². The molecule has 0 aliphatic rings. The van der Waals surface area contributed by atoms with Gasteiger partial charge in [-0.1, -0.05) is 18.2 Å². The quantitative estimate of drug-likeness (QED) is 0.724. The Labute approximate surface area is 145 Å². The van der Waals surface area contributed by atoms with Gasteiger partial charge in [-0.3, -0.25) is 19.6 Å². The zero-order chi connectivity index (χ0) is 17.5. The molecule has 0 atom stereocenters. The predicted molar refractivity (Wildman–Crippen MR) is 95.9 cm³/mol. The summed E-state index contributed by atoms with van der Waals surface area (Å²) in [5, 5.41) is 6.48. The van der Waals surface area contributed by atoms with Gasteiger partial charge in [-0.25, -0.2) is 0 Å². The Hall–Kier alpha value is -3.28. The number of anilines is 1. The minimum absolute atomic E-state index is 0.133. The molecule has 2 aromatic heterocycles. The molecule has 3 aromatic rings. The van der Waals surface area contributed by atoms with E-state index in [0.29, 0.717) is 5.69 Å². The van der Waals surface area contributed by atoms with Gasteiger partial charge >= 0.3 is 0 Å². The molecule has 2 N–H and O–H groups in total. The highest BCUT2D eigenvalue weighted by atomic mass is 16.2. The first-order valence-electron chi connectivity index (χ1n) is 8.01. The van der Waals surface area contributed by atoms with Gasteiger partial charge < -0.3 is 10.6 Å². The fourth-order valence-electron chi connectivity index (χ4n) is 2.44. The molecule has 0 spiro atoms. The molecule has 0 fully saturated rings. The van der Waals surface area contributed by atoms with Crippen LogP contribution in [0.1, 0.15) is 12.0 Å². The van der Waals surface area contributed by atoms with E-state index in [0.717, 1.165) is 16.5 Å². The van der Waals surface area contributed by atoms with Crippen molar-refractivity contribution in [3.63, 3.8) is 0 Å². The van der Waals surface area contributed by atoms with E-state index >= 15 is 0 Å². The Bertz CT molecular complexity index is 881. The zero-order valence-electron chi connectivity index (χ0n) is 13.6. The van der Waals surface area contributed by atoms with Gasteiger partial charge in [0.2, 0.25) is 11.8 Å². The standard InChI is InChI=1S/C19H18N4O2/c24-18(23-16-5-3-8-20-13-16)7-9-21-19(25)11-14-10-15-4-1-2-6-17(15)22-12-14/h1-6,8,10,12-13H,7,9,11H2,(H,21,25)(H,23,24). The molecule has 6 heteroatoms. The number of fused-ring (bicyclic) bond motifs is 1. The van der Waals surface area contributed by atoms with Crippen LogP contribution < -0.4 is 10.6 Å². The van der Waals surface area contributed by atoms with E-state index in [2.05, 4.69) is 20.6 Å². The topological polar surface area (TPSA) is 84.0 Å². The SMILES string of the molecule is O=C(Cc1cnc2ccccc2c1)NCCC(=O)Nc1cccnc1. The van der Waals surface area contributed by atoms with Gasteiger partial charge in [-0.05, 0) is 29.8 Å². The van der Waals surface area contributed by atoms with E-state index in [1.165, 1.54) is 0 Å². The first-order chi connectivity index (χ1) is 12.2. The predicted octanol–water partition coefficient (Wildman–Crippen LogP) is 2.32. The third kappa shape index (κ3) is 4.84. The van der Waals surface area contributed by atoms with Crippen molar-refractivity contribution < 1.29 is 9.59 Å². The van der Waals surface area contributed by atoms with Crippen molar-refractivity contribution in [3.05, 3.63) is 66.6 Å². The molecule has 3 rings (SSSR count). The second kappa shape index (κ2) is 8.01. The lowest BCUT2D eigenvalue weighted by Crippen LogP contribution is -2.28. The van der Waals surface area contributed by atoms with Gasteiger partial charge in [0.25, 0.3) is 0 Å². The van der Waals surface area contributed by atoms with Crippen LogP contribution in [-0.4, -0.2) is 28.3 Å². The molecule has 0 saturated heterocycles. The molecule has 126 valence electrons. The average molecular weight is 334 g/mol. The van der Waals surface area contributed by atoms with E-state index in [-0.39, 0.29) is 31.2 Å². The summed E-state index contributed by atoms with van der Waals surface area (Å²) in [5.74, 6) is -0.299. The van der Waals surface area contributed by atoms with E-state index in [9.17, 15) is 9.59 Å². The van der Waals surface area contributed by atoms with Crippen molar-refractivity contribution >= 4 is 28.4 Å². The Morgan fingerprint density at radius 2 is 1.88 bits per heavy atom. The highest BCUT2D eigenvalue weighted by Gasteiger charge is 2.07. The molecule has 2 heterocycles. The fourth-order valence-corrected chi connectivity index (χ4v) is 2.44. The van der Waals surface area contributed by atoms with Crippen molar-refractivity contribution in [2.24, 2.45) is 0 Å². The fraction of sp³-hybridized carbons (Fsp3) is 0.158. The molecule has 0 radical (unpaired) electrons. The van der Waals surface area contributed by atoms with Gasteiger partial charge in [-0.15, -0.1) is 0 Å². The van der Waals surface area contributed by atoms with Crippen molar-refractivity contribution in [1.82, 2.24) is 15.3 Å². The van der Waals surface area contributed by atoms with E-state index in [1.807, 2.05) is 30.3 Å². The number of nitrogens with one attached hydrogen (secondary N) is 2. The lowest BCUT2D eigenvalue weighted by atomic mass is 10.1. The van der Waals surface area contributed by atoms with Gasteiger partial charge in [0.15, 0.2) is 0 Å². The van der Waals surface area contributed by atoms with Crippen LogP contribution in [0, 0.1) is 0 Å². The number of para-hydroxylation sites is 1. The molecule has 0 aliphatic heterocycles. The summed E-state index contributed by atoms with van der Waals surface area (Å²) in [7, 11) is 0. The van der Waals surface area contributed by atoms with Crippen LogP contribution >= 0.6 is 0 Å². The normalized spacial score (nSPS) is 10.4. The monoisotopic (exact) mass is 334 g/mol. The molecular formula is C19H18N4O2. The van der Waals surface area contributed by atoms with E-state index < -0.39 is 0 Å². The molecule has 0 aliphatic carbocycles. The smallest absolute Gasteiger partial charge is 0.226 e. The number of amides is 2. The summed E-state index contributed by atoms with van der Waals surface area (Å²) in [6, 6.07) is 13.2. The second-order valence-electron chi connectivity index (χ2n) is 5.60. The van der Waals surface area contributed by atoms with Crippen LogP contribution in [0.15, 0.2) is 61.1 Å². The van der Waals surface area contributed by atoms with Gasteiger partial charge in [0.1, 0.15) is 0 Å². The number of carbonyl (C=O) groups excluding carboxylic acids is 2. The largest absolute Gasteiger partial charge is 0.355 e. The summed E-state index contributed by atoms with van der Waals surface area (Å²) < 4.78 is 0. The van der Waals surface area contributed by atoms with Gasteiger partial charge in [0, 0.05) is 30.7 Å². The highest BCUT2D eigenvalue weighted by Crippen LogP contribution is 2.13. The Morgan fingerprint density at radius 1 is 1.00 bits per heavy atom. The maximum atomic E-state index is 12.0. The first kappa shape index (κ1) is 16.6. The average Bonchev–Trinajstić information content (AvgIpc) is 2.62. The molecule has 0 unspecified atom stereocenters. The summed E-state index contributed by atoms with van der Waals surface area (Å²) in [6.07, 6.45) is 5.36. The Kier molecular flexibility index (Phi) is 5.31. The number of carbonyl (C=O) groups is 2. The summed E-state index contributed by atoms with van der Waals surface area (Å²) in [6.45, 7) is 0.284. The van der Waals surface area contributed by atoms with Crippen molar-refractivity contribution in [3.8, 4) is 0 Å². The van der Waals surface area contributed by atoms with Crippen LogP contribution in [0.3, 0.4) is 0 Å². The van der Waals surface area contributed by atoms with Crippen LogP contribution in [-0.2, 0) is 16.0 Å². The minimum atomic E-state index is -0.166. The van der Waals surface area contributed by atoms with Crippen LogP contribution in [0.4, 0.5) is 5.69 Å². The third-order valence-corrected chi connectivity index (χ3v) is 3.63. The lowest BCUT2D eigenvalue weighted by Gasteiger charge is -2.07. The van der Waals surface area contributed by atoms with E-state index in [4.69, 9.17) is 0 Å². The minimum Gasteiger partial charge on any atom is -0.355 e. The third-order valence-electron chi connectivity index (χ3n) is 3.63. The van der Waals surface area contributed by atoms with Crippen molar-refractivity contribution in [1.29, 1.82) is 0 Å². The number of nitrogens with zero attached hydrogens (tertiary/aromatic N) is 2. The number of aromatic nitrogens is 2. The molecule has 2 amide bonds. The molecule has 0 saturated carbocycles. The van der Waals surface area contributed by atoms with Crippen LogP contribution in [0.5, 0.6) is 0 Å². The number of rotatable bonds is 6. The number of pyridine rings is 2. The van der Waals surface area contributed by atoms with Crippen molar-refractivity contribution in [2.45, 2.75) is 12.8 Å². The Morgan fingerprint density at radius 3 is 2.72 bits per heavy atom. The summed E-state index contributed by atoms with van der Waals surface area (Å²) >= 11 is 0. The first-order valence-corrected chi connectivity index (χ1v) is 8.01. The molecule has 1 aromatic carbocycles. The molecule has 6 nitrogen and oxygen atoms in total. The molecule has 0 bridgehead atoms.